The van der Waals surface area contributed by atoms with Gasteiger partial charge in [-0.1, -0.05) is 19.8 Å². The van der Waals surface area contributed by atoms with E-state index < -0.39 is 10.0 Å². The summed E-state index contributed by atoms with van der Waals surface area (Å²) in [6.07, 6.45) is 8.08. The Morgan fingerprint density at radius 2 is 2.06 bits per heavy atom. The lowest BCUT2D eigenvalue weighted by atomic mass is 10.3. The van der Waals surface area contributed by atoms with Gasteiger partial charge in [0.1, 0.15) is 0 Å². The van der Waals surface area contributed by atoms with Gasteiger partial charge in [-0.2, -0.15) is 11.8 Å². The van der Waals surface area contributed by atoms with Crippen LogP contribution in [0.15, 0.2) is 0 Å². The predicted octanol–water partition coefficient (Wildman–Crippen LogP) is 2.38. The Balaban J connectivity index is 2.30. The van der Waals surface area contributed by atoms with Crippen molar-refractivity contribution in [3.63, 3.8) is 0 Å². The van der Waals surface area contributed by atoms with Crippen molar-refractivity contribution in [2.24, 2.45) is 0 Å². The van der Waals surface area contributed by atoms with Gasteiger partial charge in [0.15, 0.2) is 0 Å². The Hall–Kier alpha value is 0.260. The molecule has 2 atom stereocenters. The topological polar surface area (TPSA) is 46.2 Å². The molecule has 1 rings (SSSR count). The molecule has 5 heteroatoms. The number of nitrogens with one attached hydrogen (secondary N) is 1. The van der Waals surface area contributed by atoms with Crippen molar-refractivity contribution in [2.75, 3.05) is 12.0 Å². The molecule has 1 saturated carbocycles. The van der Waals surface area contributed by atoms with Crippen LogP contribution in [-0.4, -0.2) is 31.7 Å². The molecular formula is C11H23NO2S2. The van der Waals surface area contributed by atoms with Crippen molar-refractivity contribution in [2.45, 2.75) is 56.7 Å². The SMILES string of the molecule is CCCCCS(=O)(=O)N[C@H]1CC[C@H](SC)C1. The highest BCUT2D eigenvalue weighted by atomic mass is 32.2. The number of sulfonamides is 1. The van der Waals surface area contributed by atoms with E-state index in [0.717, 1.165) is 38.5 Å². The van der Waals surface area contributed by atoms with Crippen LogP contribution < -0.4 is 4.72 Å². The van der Waals surface area contributed by atoms with E-state index in [2.05, 4.69) is 17.9 Å². The molecule has 1 N–H and O–H groups in total. The van der Waals surface area contributed by atoms with Crippen molar-refractivity contribution >= 4 is 21.8 Å². The van der Waals surface area contributed by atoms with Crippen LogP contribution in [0.4, 0.5) is 0 Å². The molecule has 0 spiro atoms. The largest absolute Gasteiger partial charge is 0.212 e. The molecule has 0 bridgehead atoms. The zero-order chi connectivity index (χ0) is 12.0. The van der Waals surface area contributed by atoms with Crippen LogP contribution in [0.2, 0.25) is 0 Å². The van der Waals surface area contributed by atoms with Crippen molar-refractivity contribution in [3.8, 4) is 0 Å². The molecule has 0 amide bonds. The van der Waals surface area contributed by atoms with Crippen LogP contribution in [0.1, 0.15) is 45.4 Å². The first-order valence-electron chi connectivity index (χ1n) is 6.10. The Morgan fingerprint density at radius 1 is 1.31 bits per heavy atom. The molecule has 0 heterocycles. The fourth-order valence-electron chi connectivity index (χ4n) is 2.12. The van der Waals surface area contributed by atoms with Gasteiger partial charge in [0.05, 0.1) is 5.75 Å². The fourth-order valence-corrected chi connectivity index (χ4v) is 4.34. The number of hydrogen-bond donors (Lipinski definition) is 1. The maximum Gasteiger partial charge on any atom is 0.211 e. The normalized spacial score (nSPS) is 26.1. The Bertz CT molecular complexity index is 290. The first kappa shape index (κ1) is 14.3. The first-order chi connectivity index (χ1) is 7.57. The molecule has 0 aromatic rings. The van der Waals surface area contributed by atoms with Crippen LogP contribution in [0.5, 0.6) is 0 Å². The number of rotatable bonds is 7. The average Bonchev–Trinajstić information content (AvgIpc) is 2.65. The summed E-state index contributed by atoms with van der Waals surface area (Å²) in [6, 6.07) is 0.184. The number of hydrogen-bond acceptors (Lipinski definition) is 3. The number of unbranched alkanes of at least 4 members (excludes halogenated alkanes) is 2. The second-order valence-electron chi connectivity index (χ2n) is 4.51. The van der Waals surface area contributed by atoms with Gasteiger partial charge in [0, 0.05) is 11.3 Å². The molecule has 0 saturated heterocycles. The summed E-state index contributed by atoms with van der Waals surface area (Å²) in [6.45, 7) is 2.08. The molecule has 1 fully saturated rings. The molecule has 1 aliphatic rings. The lowest BCUT2D eigenvalue weighted by Gasteiger charge is -2.13. The van der Waals surface area contributed by atoms with Crippen LogP contribution in [0.3, 0.4) is 0 Å². The average molecular weight is 265 g/mol. The Kier molecular flexibility index (Phi) is 6.15. The first-order valence-corrected chi connectivity index (χ1v) is 9.04. The lowest BCUT2D eigenvalue weighted by Crippen LogP contribution is -2.34. The number of thioether (sulfide) groups is 1. The highest BCUT2D eigenvalue weighted by Crippen LogP contribution is 2.28. The third kappa shape index (κ3) is 5.06. The highest BCUT2D eigenvalue weighted by molar-refractivity contribution is 7.99. The maximum atomic E-state index is 11.7. The zero-order valence-corrected chi connectivity index (χ0v) is 11.9. The van der Waals surface area contributed by atoms with E-state index in [9.17, 15) is 8.42 Å². The van der Waals surface area contributed by atoms with E-state index in [0.29, 0.717) is 11.0 Å². The fraction of sp³-hybridized carbons (Fsp3) is 1.00. The van der Waals surface area contributed by atoms with Gasteiger partial charge in [-0.05, 0) is 31.9 Å². The molecule has 1 aliphatic carbocycles. The van der Waals surface area contributed by atoms with Gasteiger partial charge in [0.25, 0.3) is 0 Å². The molecule has 0 aliphatic heterocycles. The van der Waals surface area contributed by atoms with Gasteiger partial charge >= 0.3 is 0 Å². The maximum absolute atomic E-state index is 11.7. The lowest BCUT2D eigenvalue weighted by molar-refractivity contribution is 0.549. The summed E-state index contributed by atoms with van der Waals surface area (Å²) in [7, 11) is -3.03. The van der Waals surface area contributed by atoms with Crippen LogP contribution in [-0.2, 0) is 10.0 Å². The van der Waals surface area contributed by atoms with Gasteiger partial charge in [-0.3, -0.25) is 0 Å². The Morgan fingerprint density at radius 3 is 2.62 bits per heavy atom. The minimum atomic E-state index is -3.03. The van der Waals surface area contributed by atoms with E-state index in [1.807, 2.05) is 11.8 Å². The van der Waals surface area contributed by atoms with Gasteiger partial charge in [-0.15, -0.1) is 0 Å². The summed E-state index contributed by atoms with van der Waals surface area (Å²) in [4.78, 5) is 0. The quantitative estimate of drug-likeness (QED) is 0.719. The van der Waals surface area contributed by atoms with E-state index >= 15 is 0 Å². The summed E-state index contributed by atoms with van der Waals surface area (Å²) in [5, 5.41) is 0.642. The Labute approximate surface area is 104 Å². The van der Waals surface area contributed by atoms with Crippen molar-refractivity contribution in [3.05, 3.63) is 0 Å². The molecule has 0 aromatic carbocycles. The second kappa shape index (κ2) is 6.87. The molecule has 0 unspecified atom stereocenters. The molecule has 3 nitrogen and oxygen atoms in total. The molecule has 0 radical (unpaired) electrons. The summed E-state index contributed by atoms with van der Waals surface area (Å²) >= 11 is 1.85. The van der Waals surface area contributed by atoms with Crippen LogP contribution >= 0.6 is 11.8 Å². The van der Waals surface area contributed by atoms with E-state index in [1.165, 1.54) is 0 Å². The molecular weight excluding hydrogens is 242 g/mol. The standard InChI is InChI=1S/C11H23NO2S2/c1-3-4-5-8-16(13,14)12-10-6-7-11(9-10)15-2/h10-12H,3-9H2,1-2H3/t10-,11-/m0/s1. The third-order valence-corrected chi connectivity index (χ3v) is 5.69. The van der Waals surface area contributed by atoms with E-state index in [4.69, 9.17) is 0 Å². The van der Waals surface area contributed by atoms with Crippen molar-refractivity contribution in [1.82, 2.24) is 4.72 Å². The van der Waals surface area contributed by atoms with Crippen LogP contribution in [0.25, 0.3) is 0 Å². The van der Waals surface area contributed by atoms with Crippen molar-refractivity contribution < 1.29 is 8.42 Å². The third-order valence-electron chi connectivity index (χ3n) is 3.08. The smallest absolute Gasteiger partial charge is 0.211 e. The predicted molar refractivity (Wildman–Crippen MR) is 71.4 cm³/mol. The summed E-state index contributed by atoms with van der Waals surface area (Å²) in [5.74, 6) is 0.293. The van der Waals surface area contributed by atoms with Gasteiger partial charge in [-0.25, -0.2) is 13.1 Å². The van der Waals surface area contributed by atoms with Gasteiger partial charge in [0.2, 0.25) is 10.0 Å². The summed E-state index contributed by atoms with van der Waals surface area (Å²) in [5.41, 5.74) is 0. The zero-order valence-electron chi connectivity index (χ0n) is 10.2. The van der Waals surface area contributed by atoms with Crippen LogP contribution in [0, 0.1) is 0 Å². The van der Waals surface area contributed by atoms with E-state index in [-0.39, 0.29) is 6.04 Å². The van der Waals surface area contributed by atoms with E-state index in [1.54, 1.807) is 0 Å². The summed E-state index contributed by atoms with van der Waals surface area (Å²) < 4.78 is 26.3. The van der Waals surface area contributed by atoms with Gasteiger partial charge < -0.3 is 0 Å². The molecule has 0 aromatic heterocycles. The molecule has 16 heavy (non-hydrogen) atoms. The molecule has 96 valence electrons. The second-order valence-corrected chi connectivity index (χ2v) is 7.52. The monoisotopic (exact) mass is 265 g/mol. The highest BCUT2D eigenvalue weighted by Gasteiger charge is 2.27. The van der Waals surface area contributed by atoms with Crippen molar-refractivity contribution in [1.29, 1.82) is 0 Å². The minimum absolute atomic E-state index is 0.184. The minimum Gasteiger partial charge on any atom is -0.212 e.